The zero-order chi connectivity index (χ0) is 27.8. The Hall–Kier alpha value is -3.95. The SMILES string of the molecule is CC1c2ncc(Cn3cccn3)n2CCN1Cc1cccnc1.O=C(O)C(F)(F)F.O=C(O)C(F)(F)F. The number of fused-ring (bicyclic) bond motifs is 1. The molecule has 2 N–H and O–H groups in total. The van der Waals surface area contributed by atoms with Crippen molar-refractivity contribution in [3.8, 4) is 0 Å². The van der Waals surface area contributed by atoms with Crippen LogP contribution in [-0.4, -0.2) is 70.3 Å². The maximum atomic E-state index is 10.6. The van der Waals surface area contributed by atoms with Crippen molar-refractivity contribution >= 4 is 11.9 Å². The number of imidazole rings is 1. The lowest BCUT2D eigenvalue weighted by Crippen LogP contribution is -2.37. The molecule has 0 spiro atoms. The van der Waals surface area contributed by atoms with Crippen LogP contribution in [0.3, 0.4) is 0 Å². The lowest BCUT2D eigenvalue weighted by atomic mass is 10.1. The van der Waals surface area contributed by atoms with Crippen LogP contribution in [0, 0.1) is 0 Å². The highest BCUT2D eigenvalue weighted by Crippen LogP contribution is 2.27. The molecule has 1 aliphatic heterocycles. The lowest BCUT2D eigenvalue weighted by molar-refractivity contribution is -0.193. The van der Waals surface area contributed by atoms with Gasteiger partial charge in [0, 0.05) is 44.4 Å². The number of halogens is 6. The van der Waals surface area contributed by atoms with Gasteiger partial charge < -0.3 is 14.8 Å². The van der Waals surface area contributed by atoms with Crippen LogP contribution < -0.4 is 0 Å². The van der Waals surface area contributed by atoms with Gasteiger partial charge in [-0.1, -0.05) is 6.07 Å². The predicted octanol–water partition coefficient (Wildman–Crippen LogP) is 3.37. The normalized spacial score (nSPS) is 15.5. The Morgan fingerprint density at radius 3 is 2.08 bits per heavy atom. The molecule has 0 amide bonds. The molecule has 10 nitrogen and oxygen atoms in total. The molecule has 0 saturated carbocycles. The van der Waals surface area contributed by atoms with Gasteiger partial charge in [0.05, 0.1) is 24.5 Å². The highest BCUT2D eigenvalue weighted by molar-refractivity contribution is 5.73. The van der Waals surface area contributed by atoms with Crippen molar-refractivity contribution in [2.24, 2.45) is 0 Å². The number of rotatable bonds is 4. The molecule has 1 aliphatic rings. The Morgan fingerprint density at radius 1 is 0.973 bits per heavy atom. The molecule has 16 heteroatoms. The van der Waals surface area contributed by atoms with Crippen LogP contribution in [-0.2, 0) is 29.2 Å². The molecular formula is C21H22F6N6O4. The van der Waals surface area contributed by atoms with E-state index in [0.717, 1.165) is 32.0 Å². The Balaban J connectivity index is 0.000000286. The molecule has 0 saturated heterocycles. The number of hydrogen-bond donors (Lipinski definition) is 2. The number of pyridine rings is 1. The Kier molecular flexibility index (Phi) is 9.76. The highest BCUT2D eigenvalue weighted by Gasteiger charge is 2.38. The van der Waals surface area contributed by atoms with E-state index >= 15 is 0 Å². The average Bonchev–Trinajstić information content (AvgIpc) is 3.47. The fourth-order valence-corrected chi connectivity index (χ4v) is 3.23. The van der Waals surface area contributed by atoms with E-state index in [1.807, 2.05) is 47.8 Å². The highest BCUT2D eigenvalue weighted by atomic mass is 19.4. The van der Waals surface area contributed by atoms with Crippen molar-refractivity contribution in [3.05, 3.63) is 66.3 Å². The van der Waals surface area contributed by atoms with Crippen LogP contribution >= 0.6 is 0 Å². The van der Waals surface area contributed by atoms with Crippen molar-refractivity contribution in [3.63, 3.8) is 0 Å². The van der Waals surface area contributed by atoms with Gasteiger partial charge in [0.1, 0.15) is 5.82 Å². The van der Waals surface area contributed by atoms with E-state index in [0.29, 0.717) is 6.04 Å². The van der Waals surface area contributed by atoms with Crippen molar-refractivity contribution in [2.45, 2.75) is 45.0 Å². The smallest absolute Gasteiger partial charge is 0.475 e. The van der Waals surface area contributed by atoms with Gasteiger partial charge in [0.15, 0.2) is 0 Å². The summed E-state index contributed by atoms with van der Waals surface area (Å²) in [5, 5.41) is 18.5. The van der Waals surface area contributed by atoms with Gasteiger partial charge in [0.25, 0.3) is 0 Å². The summed E-state index contributed by atoms with van der Waals surface area (Å²) < 4.78 is 67.8. The third-order valence-electron chi connectivity index (χ3n) is 4.98. The topological polar surface area (TPSA) is 126 Å². The summed E-state index contributed by atoms with van der Waals surface area (Å²) >= 11 is 0. The van der Waals surface area contributed by atoms with E-state index in [2.05, 4.69) is 37.5 Å². The lowest BCUT2D eigenvalue weighted by Gasteiger charge is -2.34. The largest absolute Gasteiger partial charge is 0.490 e. The minimum absolute atomic E-state index is 0.301. The minimum atomic E-state index is -5.08. The Bertz CT molecular complexity index is 1120. The number of aromatic nitrogens is 5. The summed E-state index contributed by atoms with van der Waals surface area (Å²) in [5.41, 5.74) is 2.47. The van der Waals surface area contributed by atoms with Crippen LogP contribution in [0.2, 0.25) is 0 Å². The van der Waals surface area contributed by atoms with E-state index in [9.17, 15) is 26.3 Å². The monoisotopic (exact) mass is 536 g/mol. The Labute approximate surface area is 205 Å². The van der Waals surface area contributed by atoms with Crippen molar-refractivity contribution in [1.82, 2.24) is 29.2 Å². The fraction of sp³-hybridized carbons (Fsp3) is 0.381. The van der Waals surface area contributed by atoms with E-state index in [-0.39, 0.29) is 0 Å². The van der Waals surface area contributed by atoms with Gasteiger partial charge in [-0.05, 0) is 24.6 Å². The van der Waals surface area contributed by atoms with Crippen molar-refractivity contribution in [2.75, 3.05) is 6.54 Å². The minimum Gasteiger partial charge on any atom is -0.475 e. The summed E-state index contributed by atoms with van der Waals surface area (Å²) in [6.07, 6.45) is -0.623. The number of nitrogens with zero attached hydrogens (tertiary/aromatic N) is 6. The van der Waals surface area contributed by atoms with Crippen LogP contribution in [0.25, 0.3) is 0 Å². The summed E-state index contributed by atoms with van der Waals surface area (Å²) in [6.45, 7) is 5.90. The molecule has 4 rings (SSSR count). The summed E-state index contributed by atoms with van der Waals surface area (Å²) in [7, 11) is 0. The zero-order valence-electron chi connectivity index (χ0n) is 19.2. The number of aliphatic carboxylic acids is 2. The number of alkyl halides is 6. The second kappa shape index (κ2) is 12.3. The second-order valence-corrected chi connectivity index (χ2v) is 7.58. The van der Waals surface area contributed by atoms with Gasteiger partial charge in [0.2, 0.25) is 0 Å². The summed E-state index contributed by atoms with van der Waals surface area (Å²) in [6, 6.07) is 6.37. The van der Waals surface area contributed by atoms with E-state index in [4.69, 9.17) is 19.8 Å². The van der Waals surface area contributed by atoms with Crippen LogP contribution in [0.15, 0.2) is 49.2 Å². The van der Waals surface area contributed by atoms with Crippen molar-refractivity contribution in [1.29, 1.82) is 0 Å². The molecule has 37 heavy (non-hydrogen) atoms. The fourth-order valence-electron chi connectivity index (χ4n) is 3.23. The zero-order valence-corrected chi connectivity index (χ0v) is 19.2. The van der Waals surface area contributed by atoms with Gasteiger partial charge in [-0.3, -0.25) is 14.6 Å². The number of carboxylic acid groups (broad SMARTS) is 2. The third kappa shape index (κ3) is 8.89. The standard InChI is InChI=1S/C17H20N6.2C2HF3O2/c1-14-17-19-11-16(13-22-7-3-6-20-22)23(17)9-8-21(14)12-15-4-2-5-18-10-15;2*3-2(4,5)1(6)7/h2-7,10-11,14H,8-9,12-13H2,1H3;2*(H,6,7). The van der Waals surface area contributed by atoms with Crippen LogP contribution in [0.1, 0.15) is 30.0 Å². The molecule has 1 unspecified atom stereocenters. The first-order valence-corrected chi connectivity index (χ1v) is 10.4. The van der Waals surface area contributed by atoms with Crippen molar-refractivity contribution < 1.29 is 46.1 Å². The first kappa shape index (κ1) is 29.3. The molecule has 202 valence electrons. The average molecular weight is 536 g/mol. The molecule has 0 aromatic carbocycles. The molecule has 0 fully saturated rings. The maximum Gasteiger partial charge on any atom is 0.490 e. The molecule has 0 radical (unpaired) electrons. The second-order valence-electron chi connectivity index (χ2n) is 7.58. The number of carboxylic acids is 2. The van der Waals surface area contributed by atoms with E-state index in [1.54, 1.807) is 0 Å². The first-order valence-electron chi connectivity index (χ1n) is 10.4. The van der Waals surface area contributed by atoms with Crippen LogP contribution in [0.5, 0.6) is 0 Å². The first-order chi connectivity index (χ1) is 17.2. The number of carbonyl (C=O) groups is 2. The molecule has 4 heterocycles. The summed E-state index contributed by atoms with van der Waals surface area (Å²) in [5.74, 6) is -4.37. The summed E-state index contributed by atoms with van der Waals surface area (Å²) in [4.78, 5) is 29.1. The third-order valence-corrected chi connectivity index (χ3v) is 4.98. The molecule has 3 aromatic heterocycles. The molecule has 3 aromatic rings. The van der Waals surface area contributed by atoms with Gasteiger partial charge in [-0.2, -0.15) is 31.4 Å². The van der Waals surface area contributed by atoms with E-state index in [1.165, 1.54) is 11.3 Å². The van der Waals surface area contributed by atoms with Gasteiger partial charge >= 0.3 is 24.3 Å². The van der Waals surface area contributed by atoms with Gasteiger partial charge in [-0.15, -0.1) is 0 Å². The predicted molar refractivity (Wildman–Crippen MR) is 114 cm³/mol. The quantitative estimate of drug-likeness (QED) is 0.487. The Morgan fingerprint density at radius 2 is 1.59 bits per heavy atom. The molecule has 1 atom stereocenters. The number of hydrogen-bond acceptors (Lipinski definition) is 6. The molecular weight excluding hydrogens is 514 g/mol. The maximum absolute atomic E-state index is 10.6. The molecule has 0 bridgehead atoms. The van der Waals surface area contributed by atoms with E-state index < -0.39 is 24.3 Å². The van der Waals surface area contributed by atoms with Gasteiger partial charge in [-0.25, -0.2) is 14.6 Å². The molecule has 0 aliphatic carbocycles. The van der Waals surface area contributed by atoms with Crippen LogP contribution in [0.4, 0.5) is 26.3 Å².